The molecule has 0 saturated heterocycles. The monoisotopic (exact) mass is 291 g/mol. The van der Waals surface area contributed by atoms with Gasteiger partial charge in [0, 0.05) is 5.56 Å². The molecule has 1 rings (SSSR count). The Morgan fingerprint density at radius 3 is 2.32 bits per heavy atom. The number of rotatable bonds is 3. The maximum Gasteiger partial charge on any atom is 0.416 e. The van der Waals surface area contributed by atoms with Crippen LogP contribution in [0, 0.1) is 11.8 Å². The molecule has 0 aliphatic heterocycles. The first-order valence-electron chi connectivity index (χ1n) is 5.85. The fraction of sp³-hybridized carbons (Fsp3) is 0.429. The van der Waals surface area contributed by atoms with Gasteiger partial charge in [-0.3, -0.25) is 4.90 Å². The van der Waals surface area contributed by atoms with Gasteiger partial charge in [-0.25, -0.2) is 0 Å². The van der Waals surface area contributed by atoms with Crippen molar-refractivity contribution in [2.45, 2.75) is 20.0 Å². The average Bonchev–Trinajstić information content (AvgIpc) is 2.34. The molecule has 0 N–H and O–H groups in total. The fourth-order valence-corrected chi connectivity index (χ4v) is 1.47. The van der Waals surface area contributed by atoms with E-state index in [-0.39, 0.29) is 12.4 Å². The molecule has 0 heterocycles. The molecule has 5 heteroatoms. The minimum absolute atomic E-state index is 0. The van der Waals surface area contributed by atoms with Crippen LogP contribution in [0.15, 0.2) is 24.3 Å². The molecule has 0 aliphatic carbocycles. The summed E-state index contributed by atoms with van der Waals surface area (Å²) in [4.78, 5) is 2.10. The number of halogens is 4. The molecule has 19 heavy (non-hydrogen) atoms. The van der Waals surface area contributed by atoms with Crippen LogP contribution in [0.4, 0.5) is 13.2 Å². The smallest absolute Gasteiger partial charge is 0.293 e. The quantitative estimate of drug-likeness (QED) is 0.765. The van der Waals surface area contributed by atoms with E-state index >= 15 is 0 Å². The van der Waals surface area contributed by atoms with Crippen molar-refractivity contribution < 1.29 is 13.2 Å². The topological polar surface area (TPSA) is 3.24 Å². The third kappa shape index (κ3) is 6.00. The highest BCUT2D eigenvalue weighted by atomic mass is 35.5. The van der Waals surface area contributed by atoms with E-state index in [0.717, 1.165) is 25.2 Å². The Morgan fingerprint density at radius 1 is 1.16 bits per heavy atom. The van der Waals surface area contributed by atoms with Crippen LogP contribution in [-0.2, 0) is 6.18 Å². The van der Waals surface area contributed by atoms with Gasteiger partial charge in [0.2, 0.25) is 0 Å². The minimum atomic E-state index is -4.31. The second-order valence-electron chi connectivity index (χ2n) is 3.84. The number of nitrogens with zero attached hydrogens (tertiary/aromatic N) is 1. The van der Waals surface area contributed by atoms with Crippen molar-refractivity contribution >= 4 is 12.4 Å². The number of benzene rings is 1. The average molecular weight is 292 g/mol. The lowest BCUT2D eigenvalue weighted by molar-refractivity contribution is -0.137. The SMILES string of the molecule is CCN(CC)CC#Cc1cccc(C(F)(F)F)c1.Cl. The Kier molecular flexibility index (Phi) is 7.58. The Morgan fingerprint density at radius 2 is 1.79 bits per heavy atom. The second-order valence-corrected chi connectivity index (χ2v) is 3.84. The zero-order chi connectivity index (χ0) is 13.6. The van der Waals surface area contributed by atoms with E-state index < -0.39 is 11.7 Å². The molecule has 0 atom stereocenters. The third-order valence-corrected chi connectivity index (χ3v) is 2.62. The summed E-state index contributed by atoms with van der Waals surface area (Å²) in [6.45, 7) is 6.38. The van der Waals surface area contributed by atoms with Gasteiger partial charge in [-0.15, -0.1) is 12.4 Å². The van der Waals surface area contributed by atoms with Crippen LogP contribution >= 0.6 is 12.4 Å². The molecule has 1 aromatic rings. The van der Waals surface area contributed by atoms with Gasteiger partial charge in [0.25, 0.3) is 0 Å². The summed E-state index contributed by atoms with van der Waals surface area (Å²) in [6, 6.07) is 5.10. The highest BCUT2D eigenvalue weighted by molar-refractivity contribution is 5.85. The largest absolute Gasteiger partial charge is 0.416 e. The summed E-state index contributed by atoms with van der Waals surface area (Å²) in [5, 5.41) is 0. The summed E-state index contributed by atoms with van der Waals surface area (Å²) in [7, 11) is 0. The van der Waals surface area contributed by atoms with Gasteiger partial charge < -0.3 is 0 Å². The predicted octanol–water partition coefficient (Wildman–Crippen LogP) is 3.82. The number of alkyl halides is 3. The third-order valence-electron chi connectivity index (χ3n) is 2.62. The van der Waals surface area contributed by atoms with E-state index in [1.54, 1.807) is 6.07 Å². The van der Waals surface area contributed by atoms with E-state index in [2.05, 4.69) is 16.7 Å². The summed E-state index contributed by atoms with van der Waals surface area (Å²) in [5.74, 6) is 5.66. The van der Waals surface area contributed by atoms with Crippen molar-refractivity contribution in [3.05, 3.63) is 35.4 Å². The summed E-state index contributed by atoms with van der Waals surface area (Å²) < 4.78 is 37.4. The first-order valence-corrected chi connectivity index (χ1v) is 5.85. The first-order chi connectivity index (χ1) is 8.47. The van der Waals surface area contributed by atoms with Gasteiger partial charge in [0.05, 0.1) is 12.1 Å². The summed E-state index contributed by atoms with van der Waals surface area (Å²) in [6.07, 6.45) is -4.31. The summed E-state index contributed by atoms with van der Waals surface area (Å²) >= 11 is 0. The normalized spacial score (nSPS) is 10.6. The lowest BCUT2D eigenvalue weighted by Gasteiger charge is -2.13. The van der Waals surface area contributed by atoms with E-state index in [1.165, 1.54) is 6.07 Å². The van der Waals surface area contributed by atoms with Gasteiger partial charge in [-0.2, -0.15) is 13.2 Å². The van der Waals surface area contributed by atoms with Crippen LogP contribution < -0.4 is 0 Å². The highest BCUT2D eigenvalue weighted by Gasteiger charge is 2.30. The molecule has 106 valence electrons. The van der Waals surface area contributed by atoms with Crippen molar-refractivity contribution in [3.8, 4) is 11.8 Å². The van der Waals surface area contributed by atoms with E-state index in [1.807, 2.05) is 13.8 Å². The second kappa shape index (κ2) is 8.08. The highest BCUT2D eigenvalue weighted by Crippen LogP contribution is 2.29. The zero-order valence-corrected chi connectivity index (χ0v) is 11.7. The molecule has 0 aromatic heterocycles. The molecule has 0 bridgehead atoms. The van der Waals surface area contributed by atoms with Crippen molar-refractivity contribution in [3.63, 3.8) is 0 Å². The fourth-order valence-electron chi connectivity index (χ4n) is 1.47. The van der Waals surface area contributed by atoms with Crippen LogP contribution in [0.25, 0.3) is 0 Å². The van der Waals surface area contributed by atoms with Gasteiger partial charge >= 0.3 is 6.18 Å². The standard InChI is InChI=1S/C14H16F3N.ClH/c1-3-18(4-2)10-6-8-12-7-5-9-13(11-12)14(15,16)17;/h5,7,9,11H,3-4,10H2,1-2H3;1H. The molecule has 0 saturated carbocycles. The van der Waals surface area contributed by atoms with Gasteiger partial charge in [-0.05, 0) is 31.3 Å². The van der Waals surface area contributed by atoms with Gasteiger partial charge in [-0.1, -0.05) is 31.8 Å². The molecular formula is C14H17ClF3N. The Labute approximate surface area is 118 Å². The molecule has 0 spiro atoms. The van der Waals surface area contributed by atoms with Gasteiger partial charge in [0.15, 0.2) is 0 Å². The summed E-state index contributed by atoms with van der Waals surface area (Å²) in [5.41, 5.74) is -0.255. The molecule has 1 nitrogen and oxygen atoms in total. The van der Waals surface area contributed by atoms with Crippen LogP contribution in [0.1, 0.15) is 25.0 Å². The lowest BCUT2D eigenvalue weighted by atomic mass is 10.1. The Balaban J connectivity index is 0.00000324. The number of hydrogen-bond donors (Lipinski definition) is 0. The zero-order valence-electron chi connectivity index (χ0n) is 10.9. The minimum Gasteiger partial charge on any atom is -0.293 e. The van der Waals surface area contributed by atoms with Crippen LogP contribution in [0.3, 0.4) is 0 Å². The van der Waals surface area contributed by atoms with Crippen molar-refractivity contribution in [1.29, 1.82) is 0 Å². The molecule has 1 aromatic carbocycles. The van der Waals surface area contributed by atoms with Crippen LogP contribution in [0.5, 0.6) is 0 Å². The van der Waals surface area contributed by atoms with Gasteiger partial charge in [0.1, 0.15) is 0 Å². The number of hydrogen-bond acceptors (Lipinski definition) is 1. The molecule has 0 unspecified atom stereocenters. The van der Waals surface area contributed by atoms with Crippen LogP contribution in [-0.4, -0.2) is 24.5 Å². The van der Waals surface area contributed by atoms with Crippen molar-refractivity contribution in [2.24, 2.45) is 0 Å². The Bertz CT molecular complexity index is 442. The molecule has 0 radical (unpaired) electrons. The van der Waals surface area contributed by atoms with Crippen LogP contribution in [0.2, 0.25) is 0 Å². The molecule has 0 aliphatic rings. The van der Waals surface area contributed by atoms with E-state index in [0.29, 0.717) is 12.1 Å². The van der Waals surface area contributed by atoms with E-state index in [4.69, 9.17) is 0 Å². The van der Waals surface area contributed by atoms with Crippen molar-refractivity contribution in [2.75, 3.05) is 19.6 Å². The maximum atomic E-state index is 12.5. The van der Waals surface area contributed by atoms with Crippen molar-refractivity contribution in [1.82, 2.24) is 4.90 Å². The lowest BCUT2D eigenvalue weighted by Crippen LogP contribution is -2.22. The predicted molar refractivity (Wildman–Crippen MR) is 73.4 cm³/mol. The first kappa shape index (κ1) is 17.8. The molecule has 0 fully saturated rings. The molecular weight excluding hydrogens is 275 g/mol. The molecule has 0 amide bonds. The maximum absolute atomic E-state index is 12.5. The Hall–Kier alpha value is -1.18. The van der Waals surface area contributed by atoms with E-state index in [9.17, 15) is 13.2 Å².